The zero-order chi connectivity index (χ0) is 24.5. The van der Waals surface area contributed by atoms with Crippen LogP contribution in [0.25, 0.3) is 0 Å². The summed E-state index contributed by atoms with van der Waals surface area (Å²) in [5.74, 6) is 0.963. The van der Waals surface area contributed by atoms with Gasteiger partial charge in [0.15, 0.2) is 0 Å². The Bertz CT molecular complexity index is 1170. The SMILES string of the molecule is COc1cccc(C(=O)N2CCC(C(=O)NN=Cc3ccccc3OCc3ccccc3)CC2)c1. The summed E-state index contributed by atoms with van der Waals surface area (Å²) in [7, 11) is 1.58. The fourth-order valence-electron chi connectivity index (χ4n) is 3.99. The molecule has 1 aliphatic heterocycles. The monoisotopic (exact) mass is 471 g/mol. The maximum Gasteiger partial charge on any atom is 0.253 e. The van der Waals surface area contributed by atoms with E-state index in [-0.39, 0.29) is 17.7 Å². The fraction of sp³-hybridized carbons (Fsp3) is 0.250. The molecule has 4 rings (SSSR count). The smallest absolute Gasteiger partial charge is 0.253 e. The minimum atomic E-state index is -0.189. The van der Waals surface area contributed by atoms with Gasteiger partial charge in [-0.15, -0.1) is 0 Å². The number of nitrogens with one attached hydrogen (secondary N) is 1. The third-order valence-electron chi connectivity index (χ3n) is 6.00. The number of hydrogen-bond donors (Lipinski definition) is 1. The summed E-state index contributed by atoms with van der Waals surface area (Å²) in [6.07, 6.45) is 2.78. The highest BCUT2D eigenvalue weighted by atomic mass is 16.5. The molecular weight excluding hydrogens is 442 g/mol. The van der Waals surface area contributed by atoms with Crippen LogP contribution in [0.15, 0.2) is 84.0 Å². The van der Waals surface area contributed by atoms with Gasteiger partial charge in [0.2, 0.25) is 5.91 Å². The summed E-state index contributed by atoms with van der Waals surface area (Å²) < 4.78 is 11.1. The maximum absolute atomic E-state index is 12.8. The first-order chi connectivity index (χ1) is 17.1. The first-order valence-corrected chi connectivity index (χ1v) is 11.7. The van der Waals surface area contributed by atoms with Crippen molar-refractivity contribution in [3.05, 3.63) is 95.6 Å². The molecule has 7 nitrogen and oxygen atoms in total. The summed E-state index contributed by atoms with van der Waals surface area (Å²) in [5, 5.41) is 4.15. The number of hydrogen-bond acceptors (Lipinski definition) is 5. The molecule has 0 aromatic heterocycles. The van der Waals surface area contributed by atoms with Crippen LogP contribution in [0.4, 0.5) is 0 Å². The maximum atomic E-state index is 12.8. The molecule has 1 fully saturated rings. The normalized spacial score (nSPS) is 14.0. The quantitative estimate of drug-likeness (QED) is 0.393. The molecule has 0 aliphatic carbocycles. The average molecular weight is 472 g/mol. The highest BCUT2D eigenvalue weighted by Gasteiger charge is 2.27. The Morgan fingerprint density at radius 1 is 1.00 bits per heavy atom. The standard InChI is InChI=1S/C28H29N3O4/c1-34-25-12-7-11-23(18-25)28(33)31-16-14-22(15-17-31)27(32)30-29-19-24-10-5-6-13-26(24)35-20-21-8-3-2-4-9-21/h2-13,18-19,22H,14-17,20H2,1H3,(H,30,32). The summed E-state index contributed by atoms with van der Waals surface area (Å²) in [5.41, 5.74) is 5.09. The molecule has 0 bridgehead atoms. The minimum Gasteiger partial charge on any atom is -0.497 e. The summed E-state index contributed by atoms with van der Waals surface area (Å²) in [6.45, 7) is 1.49. The molecule has 3 aromatic carbocycles. The molecule has 3 aromatic rings. The van der Waals surface area contributed by atoms with Crippen molar-refractivity contribution < 1.29 is 19.1 Å². The predicted molar refractivity (Wildman–Crippen MR) is 135 cm³/mol. The second-order valence-corrected chi connectivity index (χ2v) is 8.34. The van der Waals surface area contributed by atoms with Crippen LogP contribution in [-0.4, -0.2) is 43.1 Å². The molecule has 0 saturated carbocycles. The molecular formula is C28H29N3O4. The van der Waals surface area contributed by atoms with Gasteiger partial charge in [-0.3, -0.25) is 9.59 Å². The van der Waals surface area contributed by atoms with Crippen molar-refractivity contribution in [1.82, 2.24) is 10.3 Å². The topological polar surface area (TPSA) is 80.2 Å². The number of methoxy groups -OCH3 is 1. The van der Waals surface area contributed by atoms with Crippen molar-refractivity contribution in [2.75, 3.05) is 20.2 Å². The highest BCUT2D eigenvalue weighted by molar-refractivity contribution is 5.95. The van der Waals surface area contributed by atoms with Gasteiger partial charge in [-0.1, -0.05) is 48.5 Å². The van der Waals surface area contributed by atoms with E-state index in [1.165, 1.54) is 0 Å². The summed E-state index contributed by atoms with van der Waals surface area (Å²) in [4.78, 5) is 27.2. The van der Waals surface area contributed by atoms with Gasteiger partial charge in [0.1, 0.15) is 18.1 Å². The molecule has 0 radical (unpaired) electrons. The van der Waals surface area contributed by atoms with E-state index in [9.17, 15) is 9.59 Å². The van der Waals surface area contributed by atoms with E-state index in [4.69, 9.17) is 9.47 Å². The summed E-state index contributed by atoms with van der Waals surface area (Å²) >= 11 is 0. The van der Waals surface area contributed by atoms with Crippen LogP contribution in [0.5, 0.6) is 11.5 Å². The molecule has 2 amide bonds. The van der Waals surface area contributed by atoms with Gasteiger partial charge in [0.05, 0.1) is 13.3 Å². The Hall–Kier alpha value is -4.13. The lowest BCUT2D eigenvalue weighted by Gasteiger charge is -2.31. The van der Waals surface area contributed by atoms with Crippen LogP contribution in [-0.2, 0) is 11.4 Å². The molecule has 0 atom stereocenters. The largest absolute Gasteiger partial charge is 0.497 e. The first-order valence-electron chi connectivity index (χ1n) is 11.7. The second-order valence-electron chi connectivity index (χ2n) is 8.34. The lowest BCUT2D eigenvalue weighted by Crippen LogP contribution is -2.42. The van der Waals surface area contributed by atoms with Crippen LogP contribution < -0.4 is 14.9 Å². The second kappa shape index (κ2) is 11.8. The average Bonchev–Trinajstić information content (AvgIpc) is 2.92. The number of piperidine rings is 1. The van der Waals surface area contributed by atoms with E-state index in [1.807, 2.05) is 60.7 Å². The van der Waals surface area contributed by atoms with Gasteiger partial charge >= 0.3 is 0 Å². The van der Waals surface area contributed by atoms with Crippen molar-refractivity contribution in [3.63, 3.8) is 0 Å². The molecule has 1 heterocycles. The number of carbonyl (C=O) groups excluding carboxylic acids is 2. The van der Waals surface area contributed by atoms with Crippen LogP contribution in [0.2, 0.25) is 0 Å². The number of nitrogens with zero attached hydrogens (tertiary/aromatic N) is 2. The number of benzene rings is 3. The Morgan fingerprint density at radius 2 is 1.74 bits per heavy atom. The van der Waals surface area contributed by atoms with E-state index in [0.29, 0.717) is 49.6 Å². The molecule has 0 unspecified atom stereocenters. The van der Waals surface area contributed by atoms with Gasteiger partial charge in [-0.05, 0) is 48.7 Å². The Labute approximate surface area is 205 Å². The van der Waals surface area contributed by atoms with Crippen molar-refractivity contribution in [1.29, 1.82) is 0 Å². The number of para-hydroxylation sites is 1. The van der Waals surface area contributed by atoms with Crippen LogP contribution >= 0.6 is 0 Å². The van der Waals surface area contributed by atoms with Crippen molar-refractivity contribution >= 4 is 18.0 Å². The zero-order valence-corrected chi connectivity index (χ0v) is 19.7. The summed E-state index contributed by atoms with van der Waals surface area (Å²) in [6, 6.07) is 24.6. The third kappa shape index (κ3) is 6.47. The van der Waals surface area contributed by atoms with E-state index in [2.05, 4.69) is 10.5 Å². The number of carbonyl (C=O) groups is 2. The molecule has 0 spiro atoms. The van der Waals surface area contributed by atoms with Gasteiger partial charge in [0, 0.05) is 30.1 Å². The van der Waals surface area contributed by atoms with Gasteiger partial charge < -0.3 is 14.4 Å². The fourth-order valence-corrected chi connectivity index (χ4v) is 3.99. The van der Waals surface area contributed by atoms with E-state index < -0.39 is 0 Å². The van der Waals surface area contributed by atoms with Crippen LogP contribution in [0.1, 0.15) is 34.3 Å². The Kier molecular flexibility index (Phi) is 8.12. The van der Waals surface area contributed by atoms with Crippen molar-refractivity contribution in [2.45, 2.75) is 19.4 Å². The van der Waals surface area contributed by atoms with Gasteiger partial charge in [-0.2, -0.15) is 5.10 Å². The molecule has 1 N–H and O–H groups in total. The van der Waals surface area contributed by atoms with Crippen molar-refractivity contribution in [2.24, 2.45) is 11.0 Å². The lowest BCUT2D eigenvalue weighted by molar-refractivity contribution is -0.126. The van der Waals surface area contributed by atoms with E-state index in [1.54, 1.807) is 36.4 Å². The number of amides is 2. The number of ether oxygens (including phenoxy) is 2. The molecule has 180 valence electrons. The van der Waals surface area contributed by atoms with Crippen LogP contribution in [0, 0.1) is 5.92 Å². The Morgan fingerprint density at radius 3 is 2.51 bits per heavy atom. The van der Waals surface area contributed by atoms with Crippen LogP contribution in [0.3, 0.4) is 0 Å². The lowest BCUT2D eigenvalue weighted by atomic mass is 9.95. The van der Waals surface area contributed by atoms with Gasteiger partial charge in [0.25, 0.3) is 5.91 Å². The highest BCUT2D eigenvalue weighted by Crippen LogP contribution is 2.21. The third-order valence-corrected chi connectivity index (χ3v) is 6.00. The van der Waals surface area contributed by atoms with E-state index in [0.717, 1.165) is 11.1 Å². The molecule has 1 aliphatic rings. The Balaban J connectivity index is 1.27. The van der Waals surface area contributed by atoms with Crippen molar-refractivity contribution in [3.8, 4) is 11.5 Å². The van der Waals surface area contributed by atoms with Gasteiger partial charge in [-0.25, -0.2) is 5.43 Å². The zero-order valence-electron chi connectivity index (χ0n) is 19.7. The minimum absolute atomic E-state index is 0.0483. The molecule has 35 heavy (non-hydrogen) atoms. The predicted octanol–water partition coefficient (Wildman–Crippen LogP) is 4.28. The first kappa shape index (κ1) is 24.0. The molecule has 1 saturated heterocycles. The molecule has 7 heteroatoms. The number of likely N-dealkylation sites (tertiary alicyclic amines) is 1. The number of hydrazone groups is 1. The van der Waals surface area contributed by atoms with E-state index >= 15 is 0 Å². The number of rotatable bonds is 8.